The Hall–Kier alpha value is -1.73. The first-order chi connectivity index (χ1) is 9.97. The van der Waals surface area contributed by atoms with Crippen molar-refractivity contribution >= 4 is 29.3 Å². The van der Waals surface area contributed by atoms with Gasteiger partial charge in [0.15, 0.2) is 0 Å². The third kappa shape index (κ3) is 5.65. The van der Waals surface area contributed by atoms with Gasteiger partial charge < -0.3 is 20.5 Å². The van der Waals surface area contributed by atoms with E-state index in [1.165, 1.54) is 18.9 Å². The van der Waals surface area contributed by atoms with Crippen LogP contribution in [0.4, 0.5) is 5.69 Å². The second kappa shape index (κ2) is 8.53. The molecular weight excluding hydrogens is 292 g/mol. The fourth-order valence-electron chi connectivity index (χ4n) is 1.60. The molecule has 0 radical (unpaired) electrons. The zero-order valence-electron chi connectivity index (χ0n) is 12.3. The first kappa shape index (κ1) is 17.3. The first-order valence-electron chi connectivity index (χ1n) is 6.33. The smallest absolute Gasteiger partial charge is 0.323 e. The Morgan fingerprint density at radius 2 is 2.10 bits per heavy atom. The average molecular weight is 312 g/mol. The molecule has 21 heavy (non-hydrogen) atoms. The lowest BCUT2D eigenvalue weighted by Crippen LogP contribution is -2.34. The zero-order chi connectivity index (χ0) is 15.8. The minimum atomic E-state index is -0.721. The average Bonchev–Trinajstić information content (AvgIpc) is 2.46. The predicted octanol–water partition coefficient (Wildman–Crippen LogP) is 1.18. The van der Waals surface area contributed by atoms with Crippen LogP contribution in [0.5, 0.6) is 5.75 Å². The van der Waals surface area contributed by atoms with Crippen LogP contribution in [0.3, 0.4) is 0 Å². The number of hydrogen-bond donors (Lipinski definition) is 2. The van der Waals surface area contributed by atoms with Crippen molar-refractivity contribution in [1.29, 1.82) is 0 Å². The third-order valence-corrected chi connectivity index (χ3v) is 3.72. The lowest BCUT2D eigenvalue weighted by atomic mass is 10.2. The number of carbonyl (C=O) groups is 2. The van der Waals surface area contributed by atoms with Gasteiger partial charge in [-0.2, -0.15) is 0 Å². The third-order valence-electron chi connectivity index (χ3n) is 2.66. The Morgan fingerprint density at radius 1 is 1.38 bits per heavy atom. The van der Waals surface area contributed by atoms with E-state index in [4.69, 9.17) is 10.5 Å². The number of ether oxygens (including phenoxy) is 2. The Balaban J connectivity index is 2.47. The van der Waals surface area contributed by atoms with Gasteiger partial charge in [0, 0.05) is 5.75 Å². The molecular formula is C14H20N2O4S. The molecule has 0 saturated carbocycles. The Morgan fingerprint density at radius 3 is 2.71 bits per heavy atom. The molecule has 0 heterocycles. The second-order valence-electron chi connectivity index (χ2n) is 4.40. The zero-order valence-corrected chi connectivity index (χ0v) is 13.2. The Kier molecular flexibility index (Phi) is 7.04. The normalized spacial score (nSPS) is 11.6. The van der Waals surface area contributed by atoms with Crippen LogP contribution in [-0.2, 0) is 14.3 Å². The van der Waals surface area contributed by atoms with Crippen molar-refractivity contribution in [2.75, 3.05) is 31.0 Å². The molecule has 1 rings (SSSR count). The number of anilines is 1. The van der Waals surface area contributed by atoms with Crippen LogP contribution in [0.1, 0.15) is 5.56 Å². The molecule has 0 aliphatic carbocycles. The number of nitrogens with two attached hydrogens (primary N) is 1. The van der Waals surface area contributed by atoms with Crippen LogP contribution in [0.15, 0.2) is 18.2 Å². The summed E-state index contributed by atoms with van der Waals surface area (Å²) in [7, 11) is 2.83. The van der Waals surface area contributed by atoms with Crippen LogP contribution in [0.25, 0.3) is 0 Å². The van der Waals surface area contributed by atoms with Gasteiger partial charge in [0.25, 0.3) is 0 Å². The van der Waals surface area contributed by atoms with Gasteiger partial charge in [-0.25, -0.2) is 0 Å². The topological polar surface area (TPSA) is 90.7 Å². The van der Waals surface area contributed by atoms with Crippen LogP contribution in [-0.4, -0.2) is 43.6 Å². The van der Waals surface area contributed by atoms with Crippen molar-refractivity contribution in [3.05, 3.63) is 23.8 Å². The second-order valence-corrected chi connectivity index (χ2v) is 5.43. The molecule has 1 unspecified atom stereocenters. The molecule has 116 valence electrons. The molecule has 0 bridgehead atoms. The van der Waals surface area contributed by atoms with E-state index in [-0.39, 0.29) is 11.7 Å². The number of nitrogens with one attached hydrogen (secondary N) is 1. The quantitative estimate of drug-likeness (QED) is 0.735. The minimum Gasteiger partial charge on any atom is -0.495 e. The number of rotatable bonds is 7. The van der Waals surface area contributed by atoms with Crippen LogP contribution < -0.4 is 15.8 Å². The molecule has 0 fully saturated rings. The number of amides is 1. The maximum absolute atomic E-state index is 11.9. The van der Waals surface area contributed by atoms with E-state index in [0.717, 1.165) is 5.56 Å². The van der Waals surface area contributed by atoms with Crippen molar-refractivity contribution in [2.24, 2.45) is 5.73 Å². The van der Waals surface area contributed by atoms with Gasteiger partial charge in [-0.05, 0) is 24.6 Å². The summed E-state index contributed by atoms with van der Waals surface area (Å²) >= 11 is 1.27. The van der Waals surface area contributed by atoms with Crippen LogP contribution in [0.2, 0.25) is 0 Å². The van der Waals surface area contributed by atoms with E-state index in [9.17, 15) is 9.59 Å². The number of esters is 1. The largest absolute Gasteiger partial charge is 0.495 e. The van der Waals surface area contributed by atoms with Gasteiger partial charge in [0.05, 0.1) is 25.7 Å². The standard InChI is InChI=1S/C14H20N2O4S/c1-9-4-5-12(19-2)11(6-9)16-13(17)8-21-7-10(15)14(18)20-3/h4-6,10H,7-8,15H2,1-3H3,(H,16,17). The van der Waals surface area contributed by atoms with Crippen molar-refractivity contribution in [1.82, 2.24) is 0 Å². The maximum atomic E-state index is 11.9. The number of thioether (sulfide) groups is 1. The number of hydrogen-bond acceptors (Lipinski definition) is 6. The molecule has 6 nitrogen and oxygen atoms in total. The summed E-state index contributed by atoms with van der Waals surface area (Å²) in [4.78, 5) is 23.0. The van der Waals surface area contributed by atoms with Crippen molar-refractivity contribution in [3.63, 3.8) is 0 Å². The molecule has 0 saturated heterocycles. The molecule has 0 aromatic heterocycles. The van der Waals surface area contributed by atoms with Gasteiger partial charge in [0.1, 0.15) is 11.8 Å². The van der Waals surface area contributed by atoms with Gasteiger partial charge in [-0.1, -0.05) is 6.07 Å². The maximum Gasteiger partial charge on any atom is 0.323 e. The molecule has 1 amide bonds. The van der Waals surface area contributed by atoms with Gasteiger partial charge in [0.2, 0.25) is 5.91 Å². The summed E-state index contributed by atoms with van der Waals surface area (Å²) < 4.78 is 9.70. The Labute approximate surface area is 128 Å². The molecule has 0 aliphatic heterocycles. The molecule has 0 spiro atoms. The van der Waals surface area contributed by atoms with Crippen molar-refractivity contribution < 1.29 is 19.1 Å². The van der Waals surface area contributed by atoms with Crippen molar-refractivity contribution in [3.8, 4) is 5.75 Å². The molecule has 7 heteroatoms. The molecule has 1 aromatic carbocycles. The summed E-state index contributed by atoms with van der Waals surface area (Å²) in [6.07, 6.45) is 0. The molecule has 1 atom stereocenters. The van der Waals surface area contributed by atoms with E-state index >= 15 is 0 Å². The highest BCUT2D eigenvalue weighted by atomic mass is 32.2. The fourth-order valence-corrected chi connectivity index (χ4v) is 2.37. The summed E-state index contributed by atoms with van der Waals surface area (Å²) in [5, 5.41) is 2.78. The monoisotopic (exact) mass is 312 g/mol. The first-order valence-corrected chi connectivity index (χ1v) is 7.49. The van der Waals surface area contributed by atoms with E-state index in [1.54, 1.807) is 13.2 Å². The van der Waals surface area contributed by atoms with Gasteiger partial charge >= 0.3 is 5.97 Å². The number of aryl methyl sites for hydroxylation is 1. The molecule has 0 aliphatic rings. The predicted molar refractivity (Wildman–Crippen MR) is 83.7 cm³/mol. The fraction of sp³-hybridized carbons (Fsp3) is 0.429. The SMILES string of the molecule is COC(=O)C(N)CSCC(=O)Nc1cc(C)ccc1OC. The summed E-state index contributed by atoms with van der Waals surface area (Å²) in [6, 6.07) is 4.81. The Bertz CT molecular complexity index is 508. The lowest BCUT2D eigenvalue weighted by molar-refractivity contribution is -0.141. The number of carbonyl (C=O) groups excluding carboxylic acids is 2. The minimum absolute atomic E-state index is 0.180. The summed E-state index contributed by atoms with van der Waals surface area (Å²) in [5.41, 5.74) is 7.23. The summed E-state index contributed by atoms with van der Waals surface area (Å²) in [5.74, 6) is 0.460. The van der Waals surface area contributed by atoms with Crippen molar-refractivity contribution in [2.45, 2.75) is 13.0 Å². The molecule has 1 aromatic rings. The number of benzene rings is 1. The highest BCUT2D eigenvalue weighted by Crippen LogP contribution is 2.25. The number of methoxy groups -OCH3 is 2. The van der Waals surface area contributed by atoms with Crippen LogP contribution in [0, 0.1) is 6.92 Å². The van der Waals surface area contributed by atoms with E-state index in [2.05, 4.69) is 10.1 Å². The van der Waals surface area contributed by atoms with E-state index in [1.807, 2.05) is 19.1 Å². The summed E-state index contributed by atoms with van der Waals surface area (Å²) in [6.45, 7) is 1.93. The highest BCUT2D eigenvalue weighted by Gasteiger charge is 2.14. The van der Waals surface area contributed by atoms with Gasteiger partial charge in [-0.15, -0.1) is 11.8 Å². The lowest BCUT2D eigenvalue weighted by Gasteiger charge is -2.11. The van der Waals surface area contributed by atoms with Gasteiger partial charge in [-0.3, -0.25) is 9.59 Å². The van der Waals surface area contributed by atoms with Crippen LogP contribution >= 0.6 is 11.8 Å². The van der Waals surface area contributed by atoms with E-state index in [0.29, 0.717) is 17.2 Å². The molecule has 3 N–H and O–H groups in total. The van der Waals surface area contributed by atoms with E-state index < -0.39 is 12.0 Å². The highest BCUT2D eigenvalue weighted by molar-refractivity contribution is 8.00.